The van der Waals surface area contributed by atoms with E-state index in [0.29, 0.717) is 17.4 Å². The molecule has 0 spiro atoms. The molecule has 0 bridgehead atoms. The number of ether oxygens (including phenoxy) is 1. The first-order valence-corrected chi connectivity index (χ1v) is 12.4. The fourth-order valence-corrected chi connectivity index (χ4v) is 4.89. The molecule has 3 aromatic rings. The Labute approximate surface area is 224 Å². The Morgan fingerprint density at radius 1 is 1.08 bits per heavy atom. The Hall–Kier alpha value is -3.36. The fraction of sp³-hybridized carbons (Fsp3) is 0.273. The topological polar surface area (TPSA) is 134 Å². The van der Waals surface area contributed by atoms with Crippen molar-refractivity contribution in [2.75, 3.05) is 56.0 Å². The van der Waals surface area contributed by atoms with E-state index >= 15 is 0 Å². The van der Waals surface area contributed by atoms with Crippen molar-refractivity contribution in [3.8, 4) is 5.75 Å². The molecule has 4 rings (SSSR count). The van der Waals surface area contributed by atoms with Crippen LogP contribution in [0.3, 0.4) is 0 Å². The molecule has 2 aromatic carbocycles. The van der Waals surface area contributed by atoms with Crippen LogP contribution in [0.25, 0.3) is 0 Å². The monoisotopic (exact) mass is 619 g/mol. The number of halogens is 2. The number of piperazine rings is 1. The lowest BCUT2D eigenvalue weighted by Crippen LogP contribution is -2.45. The van der Waals surface area contributed by atoms with E-state index in [1.165, 1.54) is 12.1 Å². The van der Waals surface area contributed by atoms with Gasteiger partial charge in [0.05, 0.1) is 22.7 Å². The normalized spacial score (nSPS) is 14.2. The average Bonchev–Trinajstić information content (AvgIpc) is 2.84. The van der Waals surface area contributed by atoms with Gasteiger partial charge in [0.25, 0.3) is 5.69 Å². The quantitative estimate of drug-likeness (QED) is 0.214. The molecule has 0 aliphatic carbocycles. The molecule has 2 N–H and O–H groups in total. The van der Waals surface area contributed by atoms with E-state index in [0.717, 1.165) is 40.7 Å². The molecule has 0 radical (unpaired) electrons. The molecule has 36 heavy (non-hydrogen) atoms. The summed E-state index contributed by atoms with van der Waals surface area (Å²) < 4.78 is 7.11. The van der Waals surface area contributed by atoms with Gasteiger partial charge < -0.3 is 19.9 Å². The summed E-state index contributed by atoms with van der Waals surface area (Å²) in [5.41, 5.74) is 4.22. The van der Waals surface area contributed by atoms with E-state index in [4.69, 9.17) is 4.74 Å². The molecule has 1 aliphatic heterocycles. The average molecular weight is 621 g/mol. The van der Waals surface area contributed by atoms with Gasteiger partial charge in [-0.15, -0.1) is 0 Å². The molecule has 2 heterocycles. The third-order valence-electron chi connectivity index (χ3n) is 5.35. The van der Waals surface area contributed by atoms with Crippen molar-refractivity contribution < 1.29 is 9.66 Å². The van der Waals surface area contributed by atoms with Crippen LogP contribution in [0, 0.1) is 10.1 Å². The van der Waals surface area contributed by atoms with Gasteiger partial charge in [-0.2, -0.15) is 20.1 Å². The number of aromatic nitrogens is 3. The highest BCUT2D eigenvalue weighted by Crippen LogP contribution is 2.31. The smallest absolute Gasteiger partial charge is 0.269 e. The molecule has 12 nitrogen and oxygen atoms in total. The molecule has 188 valence electrons. The number of benzene rings is 2. The number of rotatable bonds is 8. The van der Waals surface area contributed by atoms with Gasteiger partial charge in [-0.3, -0.25) is 10.1 Å². The Morgan fingerprint density at radius 3 is 2.44 bits per heavy atom. The maximum absolute atomic E-state index is 10.9. The molecule has 14 heteroatoms. The van der Waals surface area contributed by atoms with Gasteiger partial charge in [-0.25, -0.2) is 5.43 Å². The van der Waals surface area contributed by atoms with Crippen LogP contribution in [0.1, 0.15) is 5.56 Å². The Morgan fingerprint density at radius 2 is 1.78 bits per heavy atom. The van der Waals surface area contributed by atoms with E-state index in [1.807, 2.05) is 12.1 Å². The molecule has 1 aromatic heterocycles. The van der Waals surface area contributed by atoms with E-state index < -0.39 is 4.92 Å². The van der Waals surface area contributed by atoms with Crippen molar-refractivity contribution in [2.45, 2.75) is 0 Å². The number of methoxy groups -OCH3 is 1. The predicted octanol–water partition coefficient (Wildman–Crippen LogP) is 4.25. The highest BCUT2D eigenvalue weighted by atomic mass is 79.9. The van der Waals surface area contributed by atoms with E-state index in [9.17, 15) is 10.1 Å². The lowest BCUT2D eigenvalue weighted by molar-refractivity contribution is -0.384. The van der Waals surface area contributed by atoms with Crippen LogP contribution in [0.15, 0.2) is 50.4 Å². The maximum atomic E-state index is 10.9. The van der Waals surface area contributed by atoms with Crippen LogP contribution in [0.2, 0.25) is 0 Å². The zero-order valence-corrected chi connectivity index (χ0v) is 22.7. The molecular weight excluding hydrogens is 598 g/mol. The predicted molar refractivity (Wildman–Crippen MR) is 146 cm³/mol. The molecule has 1 fully saturated rings. The molecule has 0 amide bonds. The van der Waals surface area contributed by atoms with Crippen molar-refractivity contribution in [3.63, 3.8) is 0 Å². The van der Waals surface area contributed by atoms with Crippen LogP contribution in [0.4, 0.5) is 29.2 Å². The summed E-state index contributed by atoms with van der Waals surface area (Å²) in [4.78, 5) is 28.4. The molecular formula is C22H23Br2N9O3. The van der Waals surface area contributed by atoms with Crippen LogP contribution in [-0.2, 0) is 0 Å². The first kappa shape index (κ1) is 25.7. The number of nitrogens with zero attached hydrogens (tertiary/aromatic N) is 7. The zero-order valence-electron chi connectivity index (χ0n) is 19.5. The zero-order chi connectivity index (χ0) is 25.7. The number of hydrogen-bond acceptors (Lipinski definition) is 11. The number of hydrazone groups is 1. The highest BCUT2D eigenvalue weighted by Gasteiger charge is 2.19. The number of non-ortho nitro benzene ring substituents is 1. The Balaban J connectivity index is 1.60. The Kier molecular flexibility index (Phi) is 8.28. The minimum atomic E-state index is -0.447. The second-order valence-electron chi connectivity index (χ2n) is 7.88. The lowest BCUT2D eigenvalue weighted by Gasteiger charge is -2.32. The van der Waals surface area contributed by atoms with Gasteiger partial charge in [-0.05, 0) is 47.2 Å². The first-order chi connectivity index (χ1) is 17.3. The van der Waals surface area contributed by atoms with Crippen LogP contribution < -0.4 is 20.4 Å². The van der Waals surface area contributed by atoms with Gasteiger partial charge in [0.2, 0.25) is 17.8 Å². The van der Waals surface area contributed by atoms with E-state index in [2.05, 4.69) is 79.5 Å². The van der Waals surface area contributed by atoms with Crippen LogP contribution >= 0.6 is 31.9 Å². The van der Waals surface area contributed by atoms with Crippen LogP contribution in [0.5, 0.6) is 5.75 Å². The summed E-state index contributed by atoms with van der Waals surface area (Å²) in [7, 11) is 3.66. The second kappa shape index (κ2) is 11.6. The SMILES string of the molecule is COc1c(Br)cc(Br)cc1/C=N/Nc1nc(Nc2ccc([N+](=O)[O-])cc2)nc(N2CCN(C)CC2)n1. The van der Waals surface area contributed by atoms with Crippen molar-refractivity contribution in [2.24, 2.45) is 5.10 Å². The van der Waals surface area contributed by atoms with Gasteiger partial charge in [-0.1, -0.05) is 15.9 Å². The molecule has 0 saturated carbocycles. The fourth-order valence-electron chi connectivity index (χ4n) is 3.47. The van der Waals surface area contributed by atoms with Crippen molar-refractivity contribution >= 4 is 67.3 Å². The lowest BCUT2D eigenvalue weighted by atomic mass is 10.2. The number of nitrogens with one attached hydrogen (secondary N) is 2. The molecule has 1 aliphatic rings. The van der Waals surface area contributed by atoms with E-state index in [-0.39, 0.29) is 17.6 Å². The minimum Gasteiger partial charge on any atom is -0.495 e. The van der Waals surface area contributed by atoms with Gasteiger partial charge >= 0.3 is 0 Å². The van der Waals surface area contributed by atoms with Crippen molar-refractivity contribution in [1.29, 1.82) is 0 Å². The minimum absolute atomic E-state index is 0.000582. The summed E-state index contributed by atoms with van der Waals surface area (Å²) in [5.74, 6) is 1.67. The summed E-state index contributed by atoms with van der Waals surface area (Å²) in [5, 5.41) is 18.3. The summed E-state index contributed by atoms with van der Waals surface area (Å²) in [6.45, 7) is 3.30. The van der Waals surface area contributed by atoms with Crippen molar-refractivity contribution in [3.05, 3.63) is 61.0 Å². The largest absolute Gasteiger partial charge is 0.495 e. The molecule has 0 atom stereocenters. The Bertz CT molecular complexity index is 1270. The van der Waals surface area contributed by atoms with Crippen molar-refractivity contribution in [1.82, 2.24) is 19.9 Å². The number of nitro benzene ring substituents is 1. The van der Waals surface area contributed by atoms with Gasteiger partial charge in [0, 0.05) is 54.0 Å². The first-order valence-electron chi connectivity index (χ1n) is 10.9. The third kappa shape index (κ3) is 6.44. The maximum Gasteiger partial charge on any atom is 0.269 e. The summed E-state index contributed by atoms with van der Waals surface area (Å²) in [6.07, 6.45) is 1.61. The standard InChI is InChI=1S/C22H23Br2N9O3/c1-31-7-9-32(10-8-31)22-28-20(26-16-3-5-17(6-4-16)33(34)35)27-21(29-22)30-25-13-14-11-15(23)12-18(24)19(14)36-2/h3-6,11-13H,7-10H2,1-2H3,(H2,26,27,28,29,30)/b25-13+. The van der Waals surface area contributed by atoms with Crippen LogP contribution in [-0.4, -0.2) is 71.3 Å². The van der Waals surface area contributed by atoms with E-state index in [1.54, 1.807) is 25.5 Å². The van der Waals surface area contributed by atoms with Gasteiger partial charge in [0.1, 0.15) is 5.75 Å². The number of anilines is 4. The highest BCUT2D eigenvalue weighted by molar-refractivity contribution is 9.11. The summed E-state index contributed by atoms with van der Waals surface area (Å²) >= 11 is 6.95. The third-order valence-corrected chi connectivity index (χ3v) is 6.40. The number of nitro groups is 1. The number of likely N-dealkylation sites (N-methyl/N-ethyl adjacent to an activating group) is 1. The van der Waals surface area contributed by atoms with Gasteiger partial charge in [0.15, 0.2) is 0 Å². The molecule has 0 unspecified atom stereocenters. The second-order valence-corrected chi connectivity index (χ2v) is 9.65. The number of hydrogen-bond donors (Lipinski definition) is 2. The molecule has 1 saturated heterocycles. The summed E-state index contributed by atoms with van der Waals surface area (Å²) in [6, 6.07) is 9.78.